The Balaban J connectivity index is 2.93. The summed E-state index contributed by atoms with van der Waals surface area (Å²) in [5.74, 6) is 0. The number of nitrogens with one attached hydrogen (secondary N) is 1. The van der Waals surface area contributed by atoms with Crippen LogP contribution >= 0.6 is 12.2 Å². The fourth-order valence-electron chi connectivity index (χ4n) is 1.87. The molecule has 1 aromatic carbocycles. The number of nitrogens with two attached hydrogens (primary N) is 1. The Kier molecular flexibility index (Phi) is 2.23. The summed E-state index contributed by atoms with van der Waals surface area (Å²) in [5, 5.41) is 8.22. The van der Waals surface area contributed by atoms with Crippen molar-refractivity contribution in [1.29, 1.82) is 0 Å². The van der Waals surface area contributed by atoms with Gasteiger partial charge in [-0.1, -0.05) is 18.3 Å². The van der Waals surface area contributed by atoms with Gasteiger partial charge in [-0.15, -0.1) is 0 Å². The monoisotopic (exact) mass is 219 g/mol. The van der Waals surface area contributed by atoms with E-state index in [-0.39, 0.29) is 0 Å². The summed E-state index contributed by atoms with van der Waals surface area (Å²) in [6.45, 7) is 6.18. The molecule has 0 unspecified atom stereocenters. The van der Waals surface area contributed by atoms with E-state index in [0.29, 0.717) is 4.99 Å². The summed E-state index contributed by atoms with van der Waals surface area (Å²) < 4.78 is 0. The van der Waals surface area contributed by atoms with E-state index in [1.54, 1.807) is 0 Å². The Labute approximate surface area is 93.7 Å². The van der Waals surface area contributed by atoms with Gasteiger partial charge in [0.05, 0.1) is 5.52 Å². The Morgan fingerprint density at radius 2 is 2.00 bits per heavy atom. The average Bonchev–Trinajstić information content (AvgIpc) is 2.58. The van der Waals surface area contributed by atoms with Gasteiger partial charge in [-0.3, -0.25) is 5.10 Å². The molecule has 3 N–H and O–H groups in total. The largest absolute Gasteiger partial charge is 0.388 e. The molecular formula is C11H13N3S. The van der Waals surface area contributed by atoms with Crippen LogP contribution in [-0.4, -0.2) is 15.2 Å². The molecule has 0 radical (unpaired) electrons. The highest BCUT2D eigenvalue weighted by Gasteiger charge is 2.13. The lowest BCUT2D eigenvalue weighted by Crippen LogP contribution is -2.10. The number of hydrogen-bond donors (Lipinski definition) is 2. The van der Waals surface area contributed by atoms with Crippen LogP contribution in [0.5, 0.6) is 0 Å². The minimum Gasteiger partial charge on any atom is -0.388 e. The fourth-order valence-corrected chi connectivity index (χ4v) is 2.02. The molecule has 0 saturated carbocycles. The maximum atomic E-state index is 5.64. The van der Waals surface area contributed by atoms with Crippen LogP contribution in [0, 0.1) is 20.8 Å². The summed E-state index contributed by atoms with van der Waals surface area (Å²) in [7, 11) is 0. The van der Waals surface area contributed by atoms with Crippen molar-refractivity contribution in [2.75, 3.05) is 0 Å². The van der Waals surface area contributed by atoms with Gasteiger partial charge in [0, 0.05) is 5.39 Å². The van der Waals surface area contributed by atoms with Gasteiger partial charge >= 0.3 is 0 Å². The molecule has 78 valence electrons. The van der Waals surface area contributed by atoms with Crippen molar-refractivity contribution in [1.82, 2.24) is 10.2 Å². The fraction of sp³-hybridized carbons (Fsp3) is 0.273. The van der Waals surface area contributed by atoms with E-state index in [2.05, 4.69) is 30.1 Å². The molecule has 0 aliphatic heterocycles. The minimum absolute atomic E-state index is 0.365. The molecule has 0 atom stereocenters. The number of hydrogen-bond acceptors (Lipinski definition) is 2. The number of thiocarbonyl (C=S) groups is 1. The zero-order chi connectivity index (χ0) is 11.2. The van der Waals surface area contributed by atoms with E-state index < -0.39 is 0 Å². The number of rotatable bonds is 1. The van der Waals surface area contributed by atoms with Crippen LogP contribution in [0.4, 0.5) is 0 Å². The van der Waals surface area contributed by atoms with Crippen LogP contribution in [0.2, 0.25) is 0 Å². The highest BCUT2D eigenvalue weighted by atomic mass is 32.1. The van der Waals surface area contributed by atoms with Crippen molar-refractivity contribution in [3.63, 3.8) is 0 Å². The van der Waals surface area contributed by atoms with E-state index in [1.807, 2.05) is 6.92 Å². The highest BCUT2D eigenvalue weighted by Crippen LogP contribution is 2.25. The summed E-state index contributed by atoms with van der Waals surface area (Å²) in [6.07, 6.45) is 0. The molecule has 3 nitrogen and oxygen atoms in total. The van der Waals surface area contributed by atoms with Crippen LogP contribution < -0.4 is 5.73 Å². The molecule has 1 aromatic heterocycles. The maximum Gasteiger partial charge on any atom is 0.122 e. The summed E-state index contributed by atoms with van der Waals surface area (Å²) >= 11 is 4.99. The second-order valence-corrected chi connectivity index (χ2v) is 4.26. The van der Waals surface area contributed by atoms with Crippen molar-refractivity contribution in [3.8, 4) is 0 Å². The van der Waals surface area contributed by atoms with Gasteiger partial charge in [0.1, 0.15) is 10.7 Å². The second kappa shape index (κ2) is 3.31. The third kappa shape index (κ3) is 1.41. The number of fused-ring (bicyclic) bond motifs is 1. The first-order valence-corrected chi connectivity index (χ1v) is 5.18. The second-order valence-electron chi connectivity index (χ2n) is 3.82. The first-order chi connectivity index (χ1) is 7.02. The highest BCUT2D eigenvalue weighted by molar-refractivity contribution is 7.80. The van der Waals surface area contributed by atoms with Crippen molar-refractivity contribution in [2.24, 2.45) is 5.73 Å². The van der Waals surface area contributed by atoms with Gasteiger partial charge in [-0.25, -0.2) is 0 Å². The molecule has 0 aliphatic rings. The van der Waals surface area contributed by atoms with Crippen LogP contribution in [0.15, 0.2) is 6.07 Å². The van der Waals surface area contributed by atoms with E-state index in [9.17, 15) is 0 Å². The lowest BCUT2D eigenvalue weighted by Gasteiger charge is -2.04. The number of aryl methyl sites for hydroxylation is 3. The van der Waals surface area contributed by atoms with Crippen LogP contribution in [0.25, 0.3) is 10.9 Å². The number of H-pyrrole nitrogens is 1. The predicted octanol–water partition coefficient (Wildman–Crippen LogP) is 2.12. The summed E-state index contributed by atoms with van der Waals surface area (Å²) in [6, 6.07) is 2.13. The predicted molar refractivity (Wildman–Crippen MR) is 66.2 cm³/mol. The lowest BCUT2D eigenvalue weighted by atomic mass is 10.0. The lowest BCUT2D eigenvalue weighted by molar-refractivity contribution is 1.10. The number of benzene rings is 1. The Morgan fingerprint density at radius 3 is 2.60 bits per heavy atom. The quantitative estimate of drug-likeness (QED) is 0.722. The molecule has 0 saturated heterocycles. The molecule has 0 amide bonds. The van der Waals surface area contributed by atoms with E-state index in [0.717, 1.165) is 22.2 Å². The van der Waals surface area contributed by atoms with Gasteiger partial charge in [0.15, 0.2) is 0 Å². The SMILES string of the molecule is Cc1cc(C)c2c(C(N)=S)[nH]nc2c1C. The molecule has 2 aromatic rings. The van der Waals surface area contributed by atoms with Gasteiger partial charge in [-0.2, -0.15) is 5.10 Å². The molecule has 15 heavy (non-hydrogen) atoms. The minimum atomic E-state index is 0.365. The number of aromatic amines is 1. The van der Waals surface area contributed by atoms with Crippen molar-refractivity contribution in [2.45, 2.75) is 20.8 Å². The molecule has 1 heterocycles. The molecule has 0 aliphatic carbocycles. The number of aromatic nitrogens is 2. The van der Waals surface area contributed by atoms with Crippen LogP contribution in [-0.2, 0) is 0 Å². The van der Waals surface area contributed by atoms with Crippen molar-refractivity contribution in [3.05, 3.63) is 28.5 Å². The third-order valence-corrected chi connectivity index (χ3v) is 2.99. The molecule has 2 rings (SSSR count). The Morgan fingerprint density at radius 1 is 1.33 bits per heavy atom. The van der Waals surface area contributed by atoms with Gasteiger partial charge in [-0.05, 0) is 37.5 Å². The smallest absolute Gasteiger partial charge is 0.122 e. The van der Waals surface area contributed by atoms with E-state index >= 15 is 0 Å². The standard InChI is InChI=1S/C11H13N3S/c1-5-4-6(2)8-9(7(5)3)13-14-10(8)11(12)15/h4H,1-3H3,(H2,12,15)(H,13,14). The average molecular weight is 219 g/mol. The topological polar surface area (TPSA) is 54.7 Å². The first-order valence-electron chi connectivity index (χ1n) is 4.77. The van der Waals surface area contributed by atoms with Crippen molar-refractivity contribution < 1.29 is 0 Å². The molecule has 4 heteroatoms. The van der Waals surface area contributed by atoms with Gasteiger partial charge in [0.25, 0.3) is 0 Å². The molecule has 0 fully saturated rings. The third-order valence-electron chi connectivity index (χ3n) is 2.79. The zero-order valence-electron chi connectivity index (χ0n) is 9.01. The molecule has 0 spiro atoms. The van der Waals surface area contributed by atoms with Crippen LogP contribution in [0.1, 0.15) is 22.4 Å². The van der Waals surface area contributed by atoms with E-state index in [4.69, 9.17) is 18.0 Å². The first kappa shape index (κ1) is 10.1. The van der Waals surface area contributed by atoms with Crippen LogP contribution in [0.3, 0.4) is 0 Å². The van der Waals surface area contributed by atoms with Crippen molar-refractivity contribution >= 4 is 28.1 Å². The normalized spacial score (nSPS) is 10.9. The molecule has 0 bridgehead atoms. The zero-order valence-corrected chi connectivity index (χ0v) is 9.83. The van der Waals surface area contributed by atoms with E-state index in [1.165, 1.54) is 11.1 Å². The Hall–Kier alpha value is -1.42. The maximum absolute atomic E-state index is 5.64. The molecular weight excluding hydrogens is 206 g/mol. The van der Waals surface area contributed by atoms with Gasteiger partial charge < -0.3 is 5.73 Å². The van der Waals surface area contributed by atoms with Gasteiger partial charge in [0.2, 0.25) is 0 Å². The summed E-state index contributed by atoms with van der Waals surface area (Å²) in [5.41, 5.74) is 10.9. The Bertz CT molecular complexity index is 554. The number of nitrogens with zero attached hydrogens (tertiary/aromatic N) is 1. The summed E-state index contributed by atoms with van der Waals surface area (Å²) in [4.78, 5) is 0.365.